The number of anilines is 3. The van der Waals surface area contributed by atoms with Crippen molar-refractivity contribution < 1.29 is 0 Å². The second-order valence-electron chi connectivity index (χ2n) is 9.18. The first-order valence-electron chi connectivity index (χ1n) is 12.6. The highest BCUT2D eigenvalue weighted by molar-refractivity contribution is 7.25. The summed E-state index contributed by atoms with van der Waals surface area (Å²) in [6, 6.07) is 41.1. The highest BCUT2D eigenvalue weighted by atomic mass is 32.1. The van der Waals surface area contributed by atoms with Crippen molar-refractivity contribution in [3.05, 3.63) is 140 Å². The van der Waals surface area contributed by atoms with Crippen molar-refractivity contribution in [3.8, 4) is 22.3 Å². The van der Waals surface area contributed by atoms with E-state index in [1.165, 1.54) is 31.3 Å². The molecule has 0 amide bonds. The molecule has 7 aromatic rings. The molecule has 3 aromatic heterocycles. The Morgan fingerprint density at radius 2 is 0.895 bits per heavy atom. The normalized spacial score (nSPS) is 11.2. The van der Waals surface area contributed by atoms with Gasteiger partial charge in [-0.3, -0.25) is 9.97 Å². The van der Waals surface area contributed by atoms with Crippen LogP contribution in [-0.4, -0.2) is 9.97 Å². The molecule has 7 rings (SSSR count). The minimum absolute atomic E-state index is 1.11. The molecule has 0 atom stereocenters. The summed E-state index contributed by atoms with van der Waals surface area (Å²) in [7, 11) is 0. The Labute approximate surface area is 225 Å². The van der Waals surface area contributed by atoms with E-state index in [1.54, 1.807) is 0 Å². The van der Waals surface area contributed by atoms with Crippen LogP contribution in [0, 0.1) is 0 Å². The van der Waals surface area contributed by atoms with E-state index < -0.39 is 0 Å². The summed E-state index contributed by atoms with van der Waals surface area (Å²) in [5.74, 6) is 0. The van der Waals surface area contributed by atoms with E-state index in [4.69, 9.17) is 0 Å². The topological polar surface area (TPSA) is 29.0 Å². The molecule has 38 heavy (non-hydrogen) atoms. The first kappa shape index (κ1) is 22.4. The smallest absolute Gasteiger partial charge is 0.0468 e. The average molecular weight is 506 g/mol. The van der Waals surface area contributed by atoms with Gasteiger partial charge in [0.05, 0.1) is 0 Å². The van der Waals surface area contributed by atoms with Crippen molar-refractivity contribution in [2.24, 2.45) is 0 Å². The van der Waals surface area contributed by atoms with Gasteiger partial charge in [0, 0.05) is 62.0 Å². The third-order valence-electron chi connectivity index (χ3n) is 6.90. The number of rotatable bonds is 5. The van der Waals surface area contributed by atoms with Crippen molar-refractivity contribution in [1.82, 2.24) is 9.97 Å². The number of hydrogen-bond acceptors (Lipinski definition) is 4. The lowest BCUT2D eigenvalue weighted by Crippen LogP contribution is -2.09. The molecule has 0 fully saturated rings. The van der Waals surface area contributed by atoms with Crippen molar-refractivity contribution in [2.75, 3.05) is 4.90 Å². The molecule has 3 nitrogen and oxygen atoms in total. The minimum Gasteiger partial charge on any atom is -0.310 e. The molecular formula is C34H23N3S. The molecule has 0 aliphatic carbocycles. The molecule has 0 aliphatic rings. The summed E-state index contributed by atoms with van der Waals surface area (Å²) in [4.78, 5) is 10.6. The Morgan fingerprint density at radius 3 is 1.47 bits per heavy atom. The fourth-order valence-electron chi connectivity index (χ4n) is 4.99. The van der Waals surface area contributed by atoms with Crippen molar-refractivity contribution >= 4 is 48.6 Å². The lowest BCUT2D eigenvalue weighted by atomic mass is 10.0. The van der Waals surface area contributed by atoms with Crippen LogP contribution in [0.4, 0.5) is 17.1 Å². The quantitative estimate of drug-likeness (QED) is 0.233. The van der Waals surface area contributed by atoms with E-state index in [0.717, 1.165) is 28.2 Å². The summed E-state index contributed by atoms with van der Waals surface area (Å²) in [6.45, 7) is 0. The third kappa shape index (κ3) is 4.11. The predicted octanol–water partition coefficient (Wildman–Crippen LogP) is 9.65. The van der Waals surface area contributed by atoms with Gasteiger partial charge < -0.3 is 4.90 Å². The van der Waals surface area contributed by atoms with E-state index in [-0.39, 0.29) is 0 Å². The van der Waals surface area contributed by atoms with Gasteiger partial charge >= 0.3 is 0 Å². The molecule has 0 bridgehead atoms. The molecule has 4 heteroatoms. The van der Waals surface area contributed by atoms with Crippen LogP contribution in [0.2, 0.25) is 0 Å². The van der Waals surface area contributed by atoms with Crippen molar-refractivity contribution in [2.45, 2.75) is 0 Å². The first-order valence-corrected chi connectivity index (χ1v) is 13.4. The van der Waals surface area contributed by atoms with Crippen molar-refractivity contribution in [3.63, 3.8) is 0 Å². The maximum Gasteiger partial charge on any atom is 0.0468 e. The van der Waals surface area contributed by atoms with E-state index >= 15 is 0 Å². The summed E-state index contributed by atoms with van der Waals surface area (Å²) >= 11 is 1.84. The number of fused-ring (bicyclic) bond motifs is 3. The van der Waals surface area contributed by atoms with Gasteiger partial charge in [-0.1, -0.05) is 42.5 Å². The van der Waals surface area contributed by atoms with Crippen LogP contribution in [0.3, 0.4) is 0 Å². The van der Waals surface area contributed by atoms with Gasteiger partial charge in [0.2, 0.25) is 0 Å². The Hall–Kier alpha value is -4.80. The maximum atomic E-state index is 4.16. The van der Waals surface area contributed by atoms with E-state index in [0.29, 0.717) is 0 Å². The first-order chi connectivity index (χ1) is 18.8. The van der Waals surface area contributed by atoms with Crippen LogP contribution in [0.5, 0.6) is 0 Å². The Kier molecular flexibility index (Phi) is 5.65. The lowest BCUT2D eigenvalue weighted by Gasteiger charge is -2.26. The average Bonchev–Trinajstić information content (AvgIpc) is 3.37. The van der Waals surface area contributed by atoms with Gasteiger partial charge in [-0.2, -0.15) is 0 Å². The molecule has 0 unspecified atom stereocenters. The number of pyridine rings is 2. The zero-order chi connectivity index (χ0) is 25.3. The van der Waals surface area contributed by atoms with Gasteiger partial charge in [0.25, 0.3) is 0 Å². The molecule has 180 valence electrons. The molecule has 0 N–H and O–H groups in total. The third-order valence-corrected chi connectivity index (χ3v) is 8.05. The van der Waals surface area contributed by atoms with E-state index in [9.17, 15) is 0 Å². The molecule has 0 spiro atoms. The lowest BCUT2D eigenvalue weighted by molar-refractivity contribution is 1.29. The maximum absolute atomic E-state index is 4.16. The van der Waals surface area contributed by atoms with Gasteiger partial charge in [0.15, 0.2) is 0 Å². The molecule has 0 aliphatic heterocycles. The number of thiophene rings is 1. The Balaban J connectivity index is 1.35. The zero-order valence-electron chi connectivity index (χ0n) is 20.5. The molecular weight excluding hydrogens is 482 g/mol. The molecule has 0 saturated heterocycles. The molecule has 4 aromatic carbocycles. The SMILES string of the molecule is c1ccc2c(c1)sc1ccc(N(c3ccc(-c4ccncc4)cc3)c3ccc(-c4ccncc4)cc3)cc12. The number of nitrogens with zero attached hydrogens (tertiary/aromatic N) is 3. The van der Waals surface area contributed by atoms with Crippen molar-refractivity contribution in [1.29, 1.82) is 0 Å². The van der Waals surface area contributed by atoms with Crippen LogP contribution in [0.25, 0.3) is 42.4 Å². The van der Waals surface area contributed by atoms with E-state index in [2.05, 4.69) is 106 Å². The van der Waals surface area contributed by atoms with Crippen LogP contribution in [0.1, 0.15) is 0 Å². The van der Waals surface area contributed by atoms with Crippen LogP contribution in [0.15, 0.2) is 140 Å². The molecule has 3 heterocycles. The fraction of sp³-hybridized carbons (Fsp3) is 0. The molecule has 0 radical (unpaired) electrons. The fourth-order valence-corrected chi connectivity index (χ4v) is 6.08. The number of benzene rings is 4. The number of aromatic nitrogens is 2. The second-order valence-corrected chi connectivity index (χ2v) is 10.3. The van der Waals surface area contributed by atoms with Crippen LogP contribution < -0.4 is 4.90 Å². The largest absolute Gasteiger partial charge is 0.310 e. The zero-order valence-corrected chi connectivity index (χ0v) is 21.3. The van der Waals surface area contributed by atoms with Gasteiger partial charge in [-0.05, 0) is 95.1 Å². The second kappa shape index (κ2) is 9.58. The highest BCUT2D eigenvalue weighted by Crippen LogP contribution is 2.41. The number of hydrogen-bond donors (Lipinski definition) is 0. The summed E-state index contributed by atoms with van der Waals surface area (Å²) in [5, 5.41) is 2.59. The Bertz CT molecular complexity index is 1760. The van der Waals surface area contributed by atoms with E-state index in [1.807, 2.05) is 60.4 Å². The molecule has 0 saturated carbocycles. The Morgan fingerprint density at radius 1 is 0.421 bits per heavy atom. The van der Waals surface area contributed by atoms with Crippen LogP contribution in [-0.2, 0) is 0 Å². The summed E-state index contributed by atoms with van der Waals surface area (Å²) < 4.78 is 2.62. The van der Waals surface area contributed by atoms with Crippen LogP contribution >= 0.6 is 11.3 Å². The highest BCUT2D eigenvalue weighted by Gasteiger charge is 2.15. The van der Waals surface area contributed by atoms with Gasteiger partial charge in [-0.25, -0.2) is 0 Å². The van der Waals surface area contributed by atoms with Gasteiger partial charge in [0.1, 0.15) is 0 Å². The standard InChI is InChI=1S/C34H23N3S/c1-2-4-33-31(3-1)32-23-30(13-14-34(32)38-33)37(28-9-5-24(6-10-28)26-15-19-35-20-16-26)29-11-7-25(8-12-29)27-17-21-36-22-18-27/h1-23H. The van der Waals surface area contributed by atoms with Gasteiger partial charge in [-0.15, -0.1) is 11.3 Å². The summed E-state index contributed by atoms with van der Waals surface area (Å²) in [5.41, 5.74) is 8.01. The predicted molar refractivity (Wildman–Crippen MR) is 160 cm³/mol. The minimum atomic E-state index is 1.11. The monoisotopic (exact) mass is 505 g/mol. The summed E-state index contributed by atoms with van der Waals surface area (Å²) in [6.07, 6.45) is 7.33.